The van der Waals surface area contributed by atoms with E-state index in [0.29, 0.717) is 11.1 Å². The molecule has 0 amide bonds. The molecule has 0 aliphatic rings. The Kier molecular flexibility index (Phi) is 8.69. The predicted octanol–water partition coefficient (Wildman–Crippen LogP) is 6.31. The van der Waals surface area contributed by atoms with Gasteiger partial charge >= 0.3 is 0 Å². The number of ether oxygens (including phenoxy) is 4. The van der Waals surface area contributed by atoms with Crippen LogP contribution in [0, 0.1) is 0 Å². The molecule has 0 heterocycles. The van der Waals surface area contributed by atoms with Crippen molar-refractivity contribution >= 4 is 5.78 Å². The fraction of sp³-hybridized carbons (Fsp3) is 0.138. The number of carbonyl (C=O) groups is 1. The van der Waals surface area contributed by atoms with Crippen LogP contribution in [0.1, 0.15) is 15.9 Å². The van der Waals surface area contributed by atoms with Crippen LogP contribution < -0.4 is 18.9 Å². The molecule has 0 N–H and O–H groups in total. The maximum absolute atomic E-state index is 12.2. The van der Waals surface area contributed by atoms with E-state index in [0.717, 1.165) is 23.0 Å². The standard InChI is InChI=1S/C15H14O3.C14H14O2/c1-17-13-7-3-11(4-8-13)15(16)12-5-9-14(18-2)10-6-12;1-15-13-7-3-11(4-8-13)12-5-9-14(16-2)10-6-12/h3-10H,1-2H3;3-10H,1-2H3. The first-order chi connectivity index (χ1) is 16.6. The number of hydrogen-bond acceptors (Lipinski definition) is 5. The zero-order chi connectivity index (χ0) is 24.3. The molecule has 0 atom stereocenters. The number of ketones is 1. The van der Waals surface area contributed by atoms with Gasteiger partial charge in [0.1, 0.15) is 23.0 Å². The Hall–Kier alpha value is -4.25. The summed E-state index contributed by atoms with van der Waals surface area (Å²) in [6, 6.07) is 30.1. The van der Waals surface area contributed by atoms with Crippen molar-refractivity contribution in [1.82, 2.24) is 0 Å². The van der Waals surface area contributed by atoms with Gasteiger partial charge < -0.3 is 18.9 Å². The van der Waals surface area contributed by atoms with E-state index in [4.69, 9.17) is 18.9 Å². The van der Waals surface area contributed by atoms with Gasteiger partial charge in [-0.3, -0.25) is 4.79 Å². The van der Waals surface area contributed by atoms with E-state index in [1.165, 1.54) is 11.1 Å². The molecule has 0 unspecified atom stereocenters. The summed E-state index contributed by atoms with van der Waals surface area (Å²) < 4.78 is 20.4. The Balaban J connectivity index is 0.000000192. The zero-order valence-corrected chi connectivity index (χ0v) is 19.8. The van der Waals surface area contributed by atoms with Gasteiger partial charge in [-0.25, -0.2) is 0 Å². The minimum absolute atomic E-state index is 0.0136. The molecule has 5 nitrogen and oxygen atoms in total. The summed E-state index contributed by atoms with van der Waals surface area (Å²) in [6.45, 7) is 0. The third-order valence-electron chi connectivity index (χ3n) is 5.22. The van der Waals surface area contributed by atoms with Crippen molar-refractivity contribution in [1.29, 1.82) is 0 Å². The van der Waals surface area contributed by atoms with Gasteiger partial charge in [0.2, 0.25) is 0 Å². The van der Waals surface area contributed by atoms with E-state index in [-0.39, 0.29) is 5.78 Å². The number of hydrogen-bond donors (Lipinski definition) is 0. The Labute approximate surface area is 200 Å². The summed E-state index contributed by atoms with van der Waals surface area (Å²) in [5, 5.41) is 0. The quantitative estimate of drug-likeness (QED) is 0.305. The van der Waals surface area contributed by atoms with Crippen molar-refractivity contribution in [3.8, 4) is 34.1 Å². The minimum atomic E-state index is -0.0136. The molecule has 5 heteroatoms. The molecule has 0 fully saturated rings. The molecular formula is C29H28O5. The molecule has 34 heavy (non-hydrogen) atoms. The largest absolute Gasteiger partial charge is 0.497 e. The molecule has 0 radical (unpaired) electrons. The second-order valence-electron chi connectivity index (χ2n) is 7.24. The topological polar surface area (TPSA) is 54.0 Å². The lowest BCUT2D eigenvalue weighted by Gasteiger charge is -2.05. The lowest BCUT2D eigenvalue weighted by atomic mass is 10.0. The van der Waals surface area contributed by atoms with Crippen molar-refractivity contribution < 1.29 is 23.7 Å². The van der Waals surface area contributed by atoms with Gasteiger partial charge in [0.15, 0.2) is 5.78 Å². The summed E-state index contributed by atoms with van der Waals surface area (Å²) in [7, 11) is 6.53. The van der Waals surface area contributed by atoms with E-state index in [2.05, 4.69) is 0 Å². The molecule has 0 saturated carbocycles. The molecular weight excluding hydrogens is 428 g/mol. The Morgan fingerprint density at radius 1 is 0.412 bits per heavy atom. The Bertz CT molecular complexity index is 1070. The van der Waals surface area contributed by atoms with Crippen molar-refractivity contribution in [2.75, 3.05) is 28.4 Å². The number of rotatable bonds is 7. The monoisotopic (exact) mass is 456 g/mol. The normalized spacial score (nSPS) is 9.88. The van der Waals surface area contributed by atoms with E-state index < -0.39 is 0 Å². The first-order valence-electron chi connectivity index (χ1n) is 10.7. The highest BCUT2D eigenvalue weighted by atomic mass is 16.5. The maximum Gasteiger partial charge on any atom is 0.193 e. The van der Waals surface area contributed by atoms with Gasteiger partial charge in [0, 0.05) is 11.1 Å². The highest BCUT2D eigenvalue weighted by molar-refractivity contribution is 6.09. The summed E-state index contributed by atoms with van der Waals surface area (Å²) >= 11 is 0. The molecule has 0 bridgehead atoms. The molecule has 4 aromatic carbocycles. The molecule has 174 valence electrons. The zero-order valence-electron chi connectivity index (χ0n) is 19.8. The average Bonchev–Trinajstić information content (AvgIpc) is 2.93. The van der Waals surface area contributed by atoms with Crippen LogP contribution in [0.25, 0.3) is 11.1 Å². The number of methoxy groups -OCH3 is 4. The summed E-state index contributed by atoms with van der Waals surface area (Å²) in [4.78, 5) is 12.2. The maximum atomic E-state index is 12.2. The van der Waals surface area contributed by atoms with Crippen LogP contribution in [0.3, 0.4) is 0 Å². The lowest BCUT2D eigenvalue weighted by molar-refractivity contribution is 0.103. The van der Waals surface area contributed by atoms with Crippen LogP contribution in [-0.2, 0) is 0 Å². The molecule has 0 aliphatic heterocycles. The SMILES string of the molecule is COc1ccc(-c2ccc(OC)cc2)cc1.COc1ccc(C(=O)c2ccc(OC)cc2)cc1. The van der Waals surface area contributed by atoms with Gasteiger partial charge in [0.05, 0.1) is 28.4 Å². The lowest BCUT2D eigenvalue weighted by Crippen LogP contribution is -2.01. The first-order valence-corrected chi connectivity index (χ1v) is 10.7. The van der Waals surface area contributed by atoms with Gasteiger partial charge in [0.25, 0.3) is 0 Å². The molecule has 0 aromatic heterocycles. The molecule has 4 rings (SSSR count). The first kappa shape index (κ1) is 24.4. The van der Waals surface area contributed by atoms with Crippen LogP contribution in [-0.4, -0.2) is 34.2 Å². The predicted molar refractivity (Wildman–Crippen MR) is 134 cm³/mol. The summed E-state index contributed by atoms with van der Waals surface area (Å²) in [6.07, 6.45) is 0. The average molecular weight is 457 g/mol. The van der Waals surface area contributed by atoms with E-state index in [9.17, 15) is 4.79 Å². The van der Waals surface area contributed by atoms with Crippen molar-refractivity contribution in [2.24, 2.45) is 0 Å². The molecule has 0 aliphatic carbocycles. The van der Waals surface area contributed by atoms with Crippen LogP contribution in [0.5, 0.6) is 23.0 Å². The van der Waals surface area contributed by atoms with Crippen molar-refractivity contribution in [2.45, 2.75) is 0 Å². The van der Waals surface area contributed by atoms with Crippen molar-refractivity contribution in [3.63, 3.8) is 0 Å². The van der Waals surface area contributed by atoms with E-state index in [1.807, 2.05) is 48.5 Å². The van der Waals surface area contributed by atoms with Crippen LogP contribution in [0.15, 0.2) is 97.1 Å². The fourth-order valence-corrected chi connectivity index (χ4v) is 3.22. The van der Waals surface area contributed by atoms with Crippen LogP contribution in [0.4, 0.5) is 0 Å². The van der Waals surface area contributed by atoms with Crippen LogP contribution in [0.2, 0.25) is 0 Å². The molecule has 0 saturated heterocycles. The summed E-state index contributed by atoms with van der Waals surface area (Å²) in [5.74, 6) is 3.21. The van der Waals surface area contributed by atoms with E-state index in [1.54, 1.807) is 77.0 Å². The number of benzene rings is 4. The fourth-order valence-electron chi connectivity index (χ4n) is 3.22. The van der Waals surface area contributed by atoms with Gasteiger partial charge in [-0.05, 0) is 83.9 Å². The smallest absolute Gasteiger partial charge is 0.193 e. The molecule has 0 spiro atoms. The molecule has 4 aromatic rings. The third kappa shape index (κ3) is 6.39. The Morgan fingerprint density at radius 3 is 0.882 bits per heavy atom. The van der Waals surface area contributed by atoms with Gasteiger partial charge in [-0.1, -0.05) is 24.3 Å². The third-order valence-corrected chi connectivity index (χ3v) is 5.22. The van der Waals surface area contributed by atoms with E-state index >= 15 is 0 Å². The Morgan fingerprint density at radius 2 is 0.647 bits per heavy atom. The van der Waals surface area contributed by atoms with Gasteiger partial charge in [-0.2, -0.15) is 0 Å². The van der Waals surface area contributed by atoms with Crippen LogP contribution >= 0.6 is 0 Å². The second kappa shape index (κ2) is 12.1. The number of carbonyl (C=O) groups excluding carboxylic acids is 1. The highest BCUT2D eigenvalue weighted by Gasteiger charge is 2.09. The highest BCUT2D eigenvalue weighted by Crippen LogP contribution is 2.24. The summed E-state index contributed by atoms with van der Waals surface area (Å²) in [5.41, 5.74) is 3.62. The second-order valence-corrected chi connectivity index (χ2v) is 7.24. The minimum Gasteiger partial charge on any atom is -0.497 e. The van der Waals surface area contributed by atoms with Crippen molar-refractivity contribution in [3.05, 3.63) is 108 Å². The van der Waals surface area contributed by atoms with Gasteiger partial charge in [-0.15, -0.1) is 0 Å².